The van der Waals surface area contributed by atoms with Gasteiger partial charge in [-0.1, -0.05) is 27.7 Å². The smallest absolute Gasteiger partial charge is 0.0578 e. The van der Waals surface area contributed by atoms with Crippen molar-refractivity contribution >= 4 is 10.8 Å². The summed E-state index contributed by atoms with van der Waals surface area (Å²) in [5.74, 6) is 0.603. The quantitative estimate of drug-likeness (QED) is 0.731. The zero-order valence-corrected chi connectivity index (χ0v) is 13.4. The van der Waals surface area contributed by atoms with Crippen molar-refractivity contribution in [2.75, 3.05) is 5.75 Å². The molecule has 3 atom stereocenters. The molecule has 0 aromatic carbocycles. The highest BCUT2D eigenvalue weighted by molar-refractivity contribution is 7.85. The first-order chi connectivity index (χ1) is 7.42. The molecule has 0 spiro atoms. The fraction of sp³-hybridized carbons (Fsp3) is 1.00. The second-order valence-corrected chi connectivity index (χ2v) is 8.76. The van der Waals surface area contributed by atoms with E-state index in [-0.39, 0.29) is 16.7 Å². The molecule has 103 valence electrons. The molecule has 0 saturated heterocycles. The van der Waals surface area contributed by atoms with E-state index < -0.39 is 16.3 Å². The Kier molecular flexibility index (Phi) is 5.83. The SMILES string of the molecule is CCS(=O)C(C)C(N([O])C(C)(C)C)C(C)(C)C. The van der Waals surface area contributed by atoms with E-state index in [4.69, 9.17) is 0 Å². The lowest BCUT2D eigenvalue weighted by atomic mass is 9.83. The topological polar surface area (TPSA) is 40.2 Å². The summed E-state index contributed by atoms with van der Waals surface area (Å²) in [6.07, 6.45) is 0. The summed E-state index contributed by atoms with van der Waals surface area (Å²) in [5, 5.41) is 13.5. The van der Waals surface area contributed by atoms with Gasteiger partial charge in [-0.15, -0.1) is 10.3 Å². The van der Waals surface area contributed by atoms with Crippen molar-refractivity contribution in [1.82, 2.24) is 5.06 Å². The second kappa shape index (κ2) is 5.81. The van der Waals surface area contributed by atoms with Crippen molar-refractivity contribution in [3.63, 3.8) is 0 Å². The number of hydroxylamine groups is 2. The minimum absolute atomic E-state index is 0.114. The summed E-state index contributed by atoms with van der Waals surface area (Å²) >= 11 is 0. The Morgan fingerprint density at radius 2 is 1.53 bits per heavy atom. The maximum absolute atomic E-state index is 12.5. The molecule has 3 unspecified atom stereocenters. The molecule has 0 aromatic rings. The van der Waals surface area contributed by atoms with Gasteiger partial charge in [0.1, 0.15) is 0 Å². The van der Waals surface area contributed by atoms with Gasteiger partial charge in [-0.05, 0) is 33.1 Å². The van der Waals surface area contributed by atoms with Crippen LogP contribution >= 0.6 is 0 Å². The summed E-state index contributed by atoms with van der Waals surface area (Å²) in [7, 11) is -0.945. The molecule has 0 rings (SSSR count). The maximum atomic E-state index is 12.5. The Balaban J connectivity index is 5.24. The van der Waals surface area contributed by atoms with Gasteiger partial charge < -0.3 is 0 Å². The molecule has 0 bridgehead atoms. The van der Waals surface area contributed by atoms with Gasteiger partial charge in [-0.3, -0.25) is 4.21 Å². The largest absolute Gasteiger partial charge is 0.259 e. The van der Waals surface area contributed by atoms with E-state index in [9.17, 15) is 9.42 Å². The van der Waals surface area contributed by atoms with Gasteiger partial charge in [0.15, 0.2) is 0 Å². The Morgan fingerprint density at radius 3 is 1.76 bits per heavy atom. The minimum atomic E-state index is -0.945. The molecule has 0 heterocycles. The molecule has 0 aromatic heterocycles. The van der Waals surface area contributed by atoms with Crippen LogP contribution in [0.4, 0.5) is 0 Å². The van der Waals surface area contributed by atoms with Crippen LogP contribution < -0.4 is 0 Å². The van der Waals surface area contributed by atoms with Crippen LogP contribution in [0.3, 0.4) is 0 Å². The normalized spacial score (nSPS) is 19.2. The lowest BCUT2D eigenvalue weighted by Crippen LogP contribution is -2.56. The third-order valence-electron chi connectivity index (χ3n) is 2.94. The molecular formula is C13H28NO2S. The standard InChI is InChI=1S/C13H28NO2S/c1-9-17(16)10(2)11(12(3,4)5)14(15)13(6,7)8/h10-11H,9H2,1-8H3. The number of hydrogen-bond donors (Lipinski definition) is 0. The van der Waals surface area contributed by atoms with Crippen LogP contribution in [0.15, 0.2) is 0 Å². The van der Waals surface area contributed by atoms with E-state index in [1.807, 2.05) is 55.4 Å². The highest BCUT2D eigenvalue weighted by atomic mass is 32.2. The van der Waals surface area contributed by atoms with E-state index in [1.54, 1.807) is 0 Å². The van der Waals surface area contributed by atoms with Gasteiger partial charge in [0, 0.05) is 22.1 Å². The molecule has 0 aliphatic carbocycles. The fourth-order valence-electron chi connectivity index (χ4n) is 2.07. The highest BCUT2D eigenvalue weighted by Crippen LogP contribution is 2.32. The van der Waals surface area contributed by atoms with E-state index in [0.29, 0.717) is 5.75 Å². The first-order valence-electron chi connectivity index (χ1n) is 6.26. The first kappa shape index (κ1) is 17.1. The molecule has 0 N–H and O–H groups in total. The third kappa shape index (κ3) is 4.68. The predicted molar refractivity (Wildman–Crippen MR) is 73.7 cm³/mol. The maximum Gasteiger partial charge on any atom is 0.0578 e. The van der Waals surface area contributed by atoms with E-state index in [0.717, 1.165) is 5.06 Å². The molecule has 1 radical (unpaired) electrons. The monoisotopic (exact) mass is 262 g/mol. The van der Waals surface area contributed by atoms with E-state index in [1.165, 1.54) is 0 Å². The van der Waals surface area contributed by atoms with Crippen molar-refractivity contribution < 1.29 is 9.42 Å². The van der Waals surface area contributed by atoms with Gasteiger partial charge in [-0.25, -0.2) is 0 Å². The molecular weight excluding hydrogens is 234 g/mol. The summed E-state index contributed by atoms with van der Waals surface area (Å²) in [6, 6.07) is -0.233. The minimum Gasteiger partial charge on any atom is -0.259 e. The Bertz CT molecular complexity index is 266. The average Bonchev–Trinajstić information content (AvgIpc) is 2.12. The zero-order chi connectivity index (χ0) is 14.0. The lowest BCUT2D eigenvalue weighted by Gasteiger charge is -2.43. The van der Waals surface area contributed by atoms with Crippen molar-refractivity contribution in [2.24, 2.45) is 5.41 Å². The van der Waals surface area contributed by atoms with Crippen LogP contribution in [0.5, 0.6) is 0 Å². The first-order valence-corrected chi connectivity index (χ1v) is 7.64. The van der Waals surface area contributed by atoms with Crippen LogP contribution in [0, 0.1) is 5.41 Å². The Labute approximate surface area is 109 Å². The molecule has 0 aliphatic rings. The lowest BCUT2D eigenvalue weighted by molar-refractivity contribution is -0.256. The van der Waals surface area contributed by atoms with Gasteiger partial charge in [0.05, 0.1) is 11.3 Å². The van der Waals surface area contributed by atoms with Crippen LogP contribution in [0.2, 0.25) is 0 Å². The predicted octanol–water partition coefficient (Wildman–Crippen LogP) is 3.00. The van der Waals surface area contributed by atoms with Crippen molar-refractivity contribution in [3.05, 3.63) is 0 Å². The van der Waals surface area contributed by atoms with Gasteiger partial charge in [0.2, 0.25) is 0 Å². The van der Waals surface area contributed by atoms with Gasteiger partial charge in [-0.2, -0.15) is 0 Å². The number of nitrogens with zero attached hydrogens (tertiary/aromatic N) is 1. The number of rotatable bonds is 4. The van der Waals surface area contributed by atoms with Crippen LogP contribution in [0.25, 0.3) is 0 Å². The van der Waals surface area contributed by atoms with Gasteiger partial charge >= 0.3 is 0 Å². The molecule has 4 heteroatoms. The fourth-order valence-corrected chi connectivity index (χ4v) is 3.40. The zero-order valence-electron chi connectivity index (χ0n) is 12.5. The van der Waals surface area contributed by atoms with Gasteiger partial charge in [0.25, 0.3) is 0 Å². The number of hydrogen-bond acceptors (Lipinski definition) is 2. The average molecular weight is 262 g/mol. The van der Waals surface area contributed by atoms with Crippen molar-refractivity contribution in [1.29, 1.82) is 0 Å². The van der Waals surface area contributed by atoms with E-state index >= 15 is 0 Å². The summed E-state index contributed by atoms with van der Waals surface area (Å²) in [6.45, 7) is 15.7. The van der Waals surface area contributed by atoms with E-state index in [2.05, 4.69) is 0 Å². The van der Waals surface area contributed by atoms with Crippen LogP contribution in [0.1, 0.15) is 55.4 Å². The molecule has 0 saturated carbocycles. The second-order valence-electron chi connectivity index (χ2n) is 6.68. The van der Waals surface area contributed by atoms with Crippen LogP contribution in [-0.2, 0) is 16.0 Å². The highest BCUT2D eigenvalue weighted by Gasteiger charge is 2.42. The molecule has 0 aliphatic heterocycles. The van der Waals surface area contributed by atoms with Crippen molar-refractivity contribution in [3.8, 4) is 0 Å². The summed E-state index contributed by atoms with van der Waals surface area (Å²) in [5.41, 5.74) is -0.635. The Morgan fingerprint density at radius 1 is 1.12 bits per heavy atom. The molecule has 17 heavy (non-hydrogen) atoms. The molecule has 0 amide bonds. The third-order valence-corrected chi connectivity index (χ3v) is 4.60. The summed E-state index contributed by atoms with van der Waals surface area (Å²) in [4.78, 5) is 0. The van der Waals surface area contributed by atoms with Crippen molar-refractivity contribution in [2.45, 2.75) is 72.2 Å². The molecule has 0 fully saturated rings. The Hall–Kier alpha value is 0.0700. The summed E-state index contributed by atoms with van der Waals surface area (Å²) < 4.78 is 12.0. The molecule has 3 nitrogen and oxygen atoms in total. The van der Waals surface area contributed by atoms with Crippen LogP contribution in [-0.4, -0.2) is 31.9 Å².